The molecule has 0 radical (unpaired) electrons. The van der Waals surface area contributed by atoms with Gasteiger partial charge in [-0.3, -0.25) is 4.79 Å². The fourth-order valence-corrected chi connectivity index (χ4v) is 0.941. The molecule has 1 fully saturated rings. The van der Waals surface area contributed by atoms with Crippen molar-refractivity contribution >= 4 is 17.0 Å². The van der Waals surface area contributed by atoms with Gasteiger partial charge in [0.2, 0.25) is 0 Å². The minimum Gasteiger partial charge on any atom is -0.346 e. The number of rotatable bonds is 0. The zero-order valence-corrected chi connectivity index (χ0v) is 8.05. The summed E-state index contributed by atoms with van der Waals surface area (Å²) in [6, 6.07) is 0. The number of carbonyl (C=O) groups excluding carboxylic acids is 1. The van der Waals surface area contributed by atoms with E-state index in [1.165, 1.54) is 11.8 Å². The van der Waals surface area contributed by atoms with Gasteiger partial charge in [-0.2, -0.15) is 0 Å². The Balaban J connectivity index is 0. The highest BCUT2D eigenvalue weighted by Crippen LogP contribution is 2.04. The highest BCUT2D eigenvalue weighted by Gasteiger charge is 2.06. The van der Waals surface area contributed by atoms with Gasteiger partial charge in [0, 0.05) is 12.3 Å². The molecule has 0 aromatic rings. The summed E-state index contributed by atoms with van der Waals surface area (Å²) in [6.07, 6.45) is 0. The van der Waals surface area contributed by atoms with E-state index in [-0.39, 0.29) is 5.24 Å². The van der Waals surface area contributed by atoms with Crippen molar-refractivity contribution in [2.45, 2.75) is 27.7 Å². The lowest BCUT2D eigenvalue weighted by molar-refractivity contribution is 0.262. The van der Waals surface area contributed by atoms with Crippen molar-refractivity contribution in [3.05, 3.63) is 0 Å². The highest BCUT2D eigenvalue weighted by atomic mass is 32.2. The predicted octanol–water partition coefficient (Wildman–Crippen LogP) is 2.50. The maximum Gasteiger partial charge on any atom is 0.279 e. The average molecular weight is 163 g/mol. The number of thioether (sulfide) groups is 1. The Morgan fingerprint density at radius 1 is 1.30 bits per heavy atom. The van der Waals surface area contributed by atoms with Crippen LogP contribution in [0, 0.1) is 0 Å². The fraction of sp³-hybridized carbons (Fsp3) is 0.857. The molecule has 1 aliphatic heterocycles. The third-order valence-electron chi connectivity index (χ3n) is 0.605. The molecule has 1 saturated heterocycles. The molecule has 0 spiro atoms. The summed E-state index contributed by atoms with van der Waals surface area (Å²) in [6.45, 7) is 8.85. The molecule has 1 aliphatic rings. The first-order chi connectivity index (χ1) is 4.89. The summed E-state index contributed by atoms with van der Waals surface area (Å²) >= 11 is 1.35. The van der Waals surface area contributed by atoms with Crippen molar-refractivity contribution in [3.8, 4) is 0 Å². The van der Waals surface area contributed by atoms with E-state index in [4.69, 9.17) is 0 Å². The first-order valence-corrected chi connectivity index (χ1v) is 4.79. The topological polar surface area (TPSA) is 29.1 Å². The molecule has 0 bridgehead atoms. The van der Waals surface area contributed by atoms with Gasteiger partial charge in [-0.15, -0.1) is 0 Å². The Morgan fingerprint density at radius 3 is 1.90 bits per heavy atom. The lowest BCUT2D eigenvalue weighted by Crippen LogP contribution is -2.10. The Morgan fingerprint density at radius 2 is 1.80 bits per heavy atom. The summed E-state index contributed by atoms with van der Waals surface area (Å²) in [5, 5.41) is 2.76. The molecule has 0 aromatic heterocycles. The van der Waals surface area contributed by atoms with Gasteiger partial charge in [-0.1, -0.05) is 39.5 Å². The molecule has 0 unspecified atom stereocenters. The van der Waals surface area contributed by atoms with E-state index in [1.54, 1.807) is 0 Å². The predicted molar refractivity (Wildman–Crippen MR) is 48.6 cm³/mol. The minimum absolute atomic E-state index is 0.120. The molecular formula is C7H17NOS. The zero-order chi connectivity index (χ0) is 8.41. The first-order valence-electron chi connectivity index (χ1n) is 3.80. The van der Waals surface area contributed by atoms with Crippen LogP contribution in [0.3, 0.4) is 0 Å². The number of amides is 1. The monoisotopic (exact) mass is 163 g/mol. The molecule has 1 heterocycles. The smallest absolute Gasteiger partial charge is 0.279 e. The third-order valence-corrected chi connectivity index (χ3v) is 1.42. The number of carbonyl (C=O) groups is 1. The second-order valence-corrected chi connectivity index (χ2v) is 2.13. The zero-order valence-electron chi connectivity index (χ0n) is 7.23. The fourth-order valence-electron chi connectivity index (χ4n) is 0.348. The number of hydrogen-bond donors (Lipinski definition) is 1. The summed E-state index contributed by atoms with van der Waals surface area (Å²) < 4.78 is 0. The van der Waals surface area contributed by atoms with Crippen LogP contribution in [0.4, 0.5) is 4.79 Å². The molecule has 0 atom stereocenters. The van der Waals surface area contributed by atoms with Crippen molar-refractivity contribution in [1.29, 1.82) is 0 Å². The van der Waals surface area contributed by atoms with Crippen LogP contribution in [0.1, 0.15) is 27.7 Å². The molecule has 1 amide bonds. The van der Waals surface area contributed by atoms with E-state index in [9.17, 15) is 4.79 Å². The molecule has 10 heavy (non-hydrogen) atoms. The molecule has 1 N–H and O–H groups in total. The molecule has 3 heteroatoms. The minimum atomic E-state index is 0.120. The van der Waals surface area contributed by atoms with Gasteiger partial charge in [0.15, 0.2) is 0 Å². The lowest BCUT2D eigenvalue weighted by Gasteiger charge is -1.78. The van der Waals surface area contributed by atoms with Gasteiger partial charge in [0.1, 0.15) is 0 Å². The van der Waals surface area contributed by atoms with Gasteiger partial charge in [0.05, 0.1) is 0 Å². The Labute approximate surface area is 67.8 Å². The van der Waals surface area contributed by atoms with Crippen LogP contribution in [-0.2, 0) is 0 Å². The van der Waals surface area contributed by atoms with Gasteiger partial charge < -0.3 is 5.32 Å². The second kappa shape index (κ2) is 11.6. The third kappa shape index (κ3) is 7.82. The van der Waals surface area contributed by atoms with Gasteiger partial charge in [-0.25, -0.2) is 0 Å². The molecule has 2 nitrogen and oxygen atoms in total. The van der Waals surface area contributed by atoms with E-state index in [1.807, 2.05) is 27.7 Å². The maximum atomic E-state index is 10.1. The van der Waals surface area contributed by atoms with E-state index in [0.717, 1.165) is 12.3 Å². The Bertz CT molecular complexity index is 68.0. The summed E-state index contributed by atoms with van der Waals surface area (Å²) in [7, 11) is 0. The maximum absolute atomic E-state index is 10.1. The van der Waals surface area contributed by atoms with Crippen molar-refractivity contribution in [3.63, 3.8) is 0 Å². The second-order valence-electron chi connectivity index (χ2n) is 1.06. The quantitative estimate of drug-likeness (QED) is 0.594. The first kappa shape index (κ1) is 12.5. The summed E-state index contributed by atoms with van der Waals surface area (Å²) in [5.74, 6) is 0.943. The molecule has 0 saturated carbocycles. The van der Waals surface area contributed by atoms with Gasteiger partial charge in [0.25, 0.3) is 5.24 Å². The number of nitrogens with one attached hydrogen (secondary N) is 1. The van der Waals surface area contributed by atoms with Gasteiger partial charge >= 0.3 is 0 Å². The van der Waals surface area contributed by atoms with Crippen LogP contribution in [0.15, 0.2) is 0 Å². The van der Waals surface area contributed by atoms with E-state index >= 15 is 0 Å². The SMILES string of the molecule is CC.CC.O=C1NCCS1. The molecular weight excluding hydrogens is 146 g/mol. The highest BCUT2D eigenvalue weighted by molar-refractivity contribution is 8.13. The van der Waals surface area contributed by atoms with E-state index in [0.29, 0.717) is 0 Å². The van der Waals surface area contributed by atoms with Gasteiger partial charge in [-0.05, 0) is 0 Å². The lowest BCUT2D eigenvalue weighted by atomic mass is 10.8. The number of hydrogen-bond acceptors (Lipinski definition) is 2. The summed E-state index contributed by atoms with van der Waals surface area (Å²) in [4.78, 5) is 10.1. The summed E-state index contributed by atoms with van der Waals surface area (Å²) in [5.41, 5.74) is 0. The van der Waals surface area contributed by atoms with Crippen LogP contribution < -0.4 is 5.32 Å². The van der Waals surface area contributed by atoms with Crippen LogP contribution in [0.2, 0.25) is 0 Å². The van der Waals surface area contributed by atoms with Crippen LogP contribution in [0.5, 0.6) is 0 Å². The van der Waals surface area contributed by atoms with Crippen LogP contribution in [-0.4, -0.2) is 17.5 Å². The van der Waals surface area contributed by atoms with Crippen molar-refractivity contribution in [2.75, 3.05) is 12.3 Å². The molecule has 62 valence electrons. The Hall–Kier alpha value is -0.180. The van der Waals surface area contributed by atoms with E-state index in [2.05, 4.69) is 5.32 Å². The molecule has 0 aromatic carbocycles. The van der Waals surface area contributed by atoms with Crippen LogP contribution in [0.25, 0.3) is 0 Å². The standard InChI is InChI=1S/C3H5NOS.2C2H6/c5-3-4-1-2-6-3;2*1-2/h1-2H2,(H,4,5);2*1-2H3. The molecule has 1 rings (SSSR count). The van der Waals surface area contributed by atoms with Crippen molar-refractivity contribution < 1.29 is 4.79 Å². The van der Waals surface area contributed by atoms with Crippen molar-refractivity contribution in [2.24, 2.45) is 0 Å². The largest absolute Gasteiger partial charge is 0.346 e. The van der Waals surface area contributed by atoms with Crippen molar-refractivity contribution in [1.82, 2.24) is 5.32 Å². The normalized spacial score (nSPS) is 13.8. The Kier molecular flexibility index (Phi) is 14.5. The molecule has 0 aliphatic carbocycles. The van der Waals surface area contributed by atoms with E-state index < -0.39 is 0 Å². The average Bonchev–Trinajstić information content (AvgIpc) is 2.48. The van der Waals surface area contributed by atoms with Crippen LogP contribution >= 0.6 is 11.8 Å².